The Hall–Kier alpha value is -3.01. The molecule has 7 nitrogen and oxygen atoms in total. The van der Waals surface area contributed by atoms with Gasteiger partial charge in [-0.15, -0.1) is 0 Å². The SMILES string of the molecule is COc1cc(NC(=N[C@H](C)C2CCCCC2)NC#N)ccc1-c1cnco1. The Morgan fingerprint density at radius 1 is 1.37 bits per heavy atom. The molecule has 1 aromatic heterocycles. The van der Waals surface area contributed by atoms with Gasteiger partial charge in [-0.05, 0) is 37.8 Å². The van der Waals surface area contributed by atoms with Crippen molar-refractivity contribution in [2.75, 3.05) is 12.4 Å². The number of ether oxygens (including phenoxy) is 1. The molecule has 2 N–H and O–H groups in total. The fraction of sp³-hybridized carbons (Fsp3) is 0.450. The third-order valence-corrected chi connectivity index (χ3v) is 5.00. The van der Waals surface area contributed by atoms with Crippen LogP contribution in [0.3, 0.4) is 0 Å². The number of nitriles is 1. The number of benzene rings is 1. The summed E-state index contributed by atoms with van der Waals surface area (Å²) in [5.41, 5.74) is 1.58. The fourth-order valence-corrected chi connectivity index (χ4v) is 3.53. The Balaban J connectivity index is 1.78. The summed E-state index contributed by atoms with van der Waals surface area (Å²) >= 11 is 0. The van der Waals surface area contributed by atoms with Crippen LogP contribution in [0.4, 0.5) is 5.69 Å². The summed E-state index contributed by atoms with van der Waals surface area (Å²) in [6.45, 7) is 2.12. The summed E-state index contributed by atoms with van der Waals surface area (Å²) in [5.74, 6) is 2.30. The number of aromatic nitrogens is 1. The van der Waals surface area contributed by atoms with Crippen molar-refractivity contribution in [3.05, 3.63) is 30.8 Å². The van der Waals surface area contributed by atoms with E-state index in [2.05, 4.69) is 22.5 Å². The topological polar surface area (TPSA) is 95.5 Å². The number of nitrogens with one attached hydrogen (secondary N) is 2. The van der Waals surface area contributed by atoms with Crippen molar-refractivity contribution < 1.29 is 9.15 Å². The molecule has 1 saturated carbocycles. The molecular weight excluding hydrogens is 342 g/mol. The minimum atomic E-state index is 0.156. The lowest BCUT2D eigenvalue weighted by molar-refractivity contribution is 0.317. The number of oxazole rings is 1. The molecule has 1 atom stereocenters. The number of hydrogen-bond donors (Lipinski definition) is 2. The van der Waals surface area contributed by atoms with Gasteiger partial charge in [0.1, 0.15) is 5.75 Å². The van der Waals surface area contributed by atoms with Crippen LogP contribution < -0.4 is 15.4 Å². The van der Waals surface area contributed by atoms with E-state index in [-0.39, 0.29) is 6.04 Å². The van der Waals surface area contributed by atoms with Gasteiger partial charge in [-0.3, -0.25) is 5.32 Å². The summed E-state index contributed by atoms with van der Waals surface area (Å²) in [5, 5.41) is 14.9. The predicted octanol–water partition coefficient (Wildman–Crippen LogP) is 4.16. The first-order valence-corrected chi connectivity index (χ1v) is 9.28. The number of aliphatic imine (C=N–C) groups is 1. The van der Waals surface area contributed by atoms with Gasteiger partial charge in [0.25, 0.3) is 0 Å². The molecular formula is C20H25N5O2. The second kappa shape index (κ2) is 9.08. The highest BCUT2D eigenvalue weighted by Gasteiger charge is 2.20. The molecule has 1 heterocycles. The third kappa shape index (κ3) is 4.79. The molecule has 1 aromatic carbocycles. The van der Waals surface area contributed by atoms with Crippen LogP contribution in [-0.2, 0) is 0 Å². The van der Waals surface area contributed by atoms with Crippen LogP contribution in [0.2, 0.25) is 0 Å². The molecule has 0 amide bonds. The van der Waals surface area contributed by atoms with E-state index in [0.717, 1.165) is 11.3 Å². The van der Waals surface area contributed by atoms with Gasteiger partial charge in [0.15, 0.2) is 18.3 Å². The molecule has 0 radical (unpaired) electrons. The van der Waals surface area contributed by atoms with Crippen molar-refractivity contribution in [1.29, 1.82) is 5.26 Å². The molecule has 142 valence electrons. The van der Waals surface area contributed by atoms with Crippen molar-refractivity contribution in [3.63, 3.8) is 0 Å². The van der Waals surface area contributed by atoms with Crippen molar-refractivity contribution >= 4 is 11.6 Å². The summed E-state index contributed by atoms with van der Waals surface area (Å²) in [4.78, 5) is 8.66. The molecule has 3 rings (SSSR count). The Bertz CT molecular complexity index is 804. The van der Waals surface area contributed by atoms with Crippen LogP contribution >= 0.6 is 0 Å². The summed E-state index contributed by atoms with van der Waals surface area (Å²) in [6, 6.07) is 5.78. The van der Waals surface area contributed by atoms with Gasteiger partial charge in [-0.1, -0.05) is 19.3 Å². The van der Waals surface area contributed by atoms with E-state index in [4.69, 9.17) is 19.4 Å². The van der Waals surface area contributed by atoms with Crippen molar-refractivity contribution in [3.8, 4) is 23.3 Å². The molecule has 0 saturated heterocycles. The second-order valence-electron chi connectivity index (χ2n) is 6.76. The molecule has 2 aromatic rings. The van der Waals surface area contributed by atoms with Crippen LogP contribution in [0.15, 0.2) is 40.2 Å². The molecule has 0 spiro atoms. The zero-order valence-electron chi connectivity index (χ0n) is 15.7. The lowest BCUT2D eigenvalue weighted by Gasteiger charge is -2.25. The third-order valence-electron chi connectivity index (χ3n) is 5.00. The van der Waals surface area contributed by atoms with Gasteiger partial charge in [0, 0.05) is 11.8 Å². The molecule has 0 bridgehead atoms. The first kappa shape index (κ1) is 18.8. The molecule has 1 aliphatic carbocycles. The number of anilines is 1. The van der Waals surface area contributed by atoms with Crippen LogP contribution in [0.5, 0.6) is 5.75 Å². The lowest BCUT2D eigenvalue weighted by atomic mass is 9.85. The maximum Gasteiger partial charge on any atom is 0.209 e. The number of methoxy groups -OCH3 is 1. The van der Waals surface area contributed by atoms with Crippen LogP contribution in [0.25, 0.3) is 11.3 Å². The number of guanidine groups is 1. The maximum atomic E-state index is 9.08. The van der Waals surface area contributed by atoms with E-state index in [1.54, 1.807) is 13.3 Å². The van der Waals surface area contributed by atoms with E-state index in [1.165, 1.54) is 38.5 Å². The highest BCUT2D eigenvalue weighted by molar-refractivity contribution is 5.95. The van der Waals surface area contributed by atoms with Crippen molar-refractivity contribution in [2.24, 2.45) is 10.9 Å². The van der Waals surface area contributed by atoms with Gasteiger partial charge in [-0.2, -0.15) is 5.26 Å². The van der Waals surface area contributed by atoms with Gasteiger partial charge in [0.2, 0.25) is 5.96 Å². The largest absolute Gasteiger partial charge is 0.496 e. The number of hydrogen-bond acceptors (Lipinski definition) is 5. The highest BCUT2D eigenvalue weighted by Crippen LogP contribution is 2.32. The Morgan fingerprint density at radius 3 is 2.85 bits per heavy atom. The summed E-state index contributed by atoms with van der Waals surface area (Å²) in [7, 11) is 1.60. The Kier molecular flexibility index (Phi) is 6.31. The maximum absolute atomic E-state index is 9.08. The minimum Gasteiger partial charge on any atom is -0.496 e. The van der Waals surface area contributed by atoms with Gasteiger partial charge in [0.05, 0.1) is 24.9 Å². The standard InChI is InChI=1S/C20H25N5O2/c1-14(15-6-4-3-5-7-15)24-20(23-12-21)25-16-8-9-17(18(10-16)26-2)19-11-22-13-27-19/h8-11,13-15H,3-7H2,1-2H3,(H2,23,24,25)/t14-/m1/s1. The predicted molar refractivity (Wildman–Crippen MR) is 104 cm³/mol. The van der Waals surface area contributed by atoms with E-state index < -0.39 is 0 Å². The molecule has 0 aliphatic heterocycles. The highest BCUT2D eigenvalue weighted by atomic mass is 16.5. The van der Waals surface area contributed by atoms with Gasteiger partial charge in [-0.25, -0.2) is 9.98 Å². The quantitative estimate of drug-likeness (QED) is 0.357. The summed E-state index contributed by atoms with van der Waals surface area (Å²) in [6.07, 6.45) is 11.2. The van der Waals surface area contributed by atoms with Crippen LogP contribution in [0, 0.1) is 17.4 Å². The normalized spacial score (nSPS) is 16.4. The average molecular weight is 367 g/mol. The zero-order chi connectivity index (χ0) is 19.1. The smallest absolute Gasteiger partial charge is 0.209 e. The molecule has 27 heavy (non-hydrogen) atoms. The van der Waals surface area contributed by atoms with E-state index in [1.807, 2.05) is 24.4 Å². The Morgan fingerprint density at radius 2 is 2.19 bits per heavy atom. The monoisotopic (exact) mass is 367 g/mol. The van der Waals surface area contributed by atoms with Crippen LogP contribution in [0.1, 0.15) is 39.0 Å². The van der Waals surface area contributed by atoms with Crippen LogP contribution in [-0.4, -0.2) is 24.1 Å². The zero-order valence-corrected chi connectivity index (χ0v) is 15.7. The van der Waals surface area contributed by atoms with Crippen molar-refractivity contribution in [2.45, 2.75) is 45.1 Å². The second-order valence-corrected chi connectivity index (χ2v) is 6.76. The lowest BCUT2D eigenvalue weighted by Crippen LogP contribution is -2.30. The molecule has 0 unspecified atom stereocenters. The average Bonchev–Trinajstić information content (AvgIpc) is 3.23. The fourth-order valence-electron chi connectivity index (χ4n) is 3.53. The van der Waals surface area contributed by atoms with Crippen molar-refractivity contribution in [1.82, 2.24) is 10.3 Å². The molecule has 1 fully saturated rings. The van der Waals surface area contributed by atoms with E-state index in [0.29, 0.717) is 23.4 Å². The van der Waals surface area contributed by atoms with E-state index >= 15 is 0 Å². The first-order valence-electron chi connectivity index (χ1n) is 9.28. The number of nitrogens with zero attached hydrogens (tertiary/aromatic N) is 3. The Labute approximate surface area is 159 Å². The number of rotatable bonds is 5. The van der Waals surface area contributed by atoms with Gasteiger partial charge >= 0.3 is 0 Å². The van der Waals surface area contributed by atoms with Gasteiger partial charge < -0.3 is 14.5 Å². The first-order chi connectivity index (χ1) is 13.2. The van der Waals surface area contributed by atoms with E-state index in [9.17, 15) is 0 Å². The summed E-state index contributed by atoms with van der Waals surface area (Å²) < 4.78 is 10.8. The molecule has 7 heteroatoms. The molecule has 1 aliphatic rings. The minimum absolute atomic E-state index is 0.156.